The topological polar surface area (TPSA) is 58.4 Å². The van der Waals surface area contributed by atoms with Crippen LogP contribution in [0.5, 0.6) is 0 Å². The van der Waals surface area contributed by atoms with Crippen molar-refractivity contribution in [2.75, 3.05) is 13.1 Å². The summed E-state index contributed by atoms with van der Waals surface area (Å²) in [6.45, 7) is 5.25. The molecule has 0 radical (unpaired) electrons. The first kappa shape index (κ1) is 19.4. The number of carbonyl (C=O) groups is 1. The Labute approximate surface area is 171 Å². The second-order valence-corrected chi connectivity index (χ2v) is 7.94. The monoisotopic (exact) mass is 389 g/mol. The Hall–Kier alpha value is -2.92. The van der Waals surface area contributed by atoms with Gasteiger partial charge in [0.15, 0.2) is 0 Å². The van der Waals surface area contributed by atoms with Crippen LogP contribution in [-0.2, 0) is 17.9 Å². The SMILES string of the molecule is Cc1ccc(-c2nn(Cc3ccccc3)cc2CN2CCC(C(=O)O)CC2)cc1. The van der Waals surface area contributed by atoms with Crippen molar-refractivity contribution < 1.29 is 9.90 Å². The van der Waals surface area contributed by atoms with Gasteiger partial charge in [0.05, 0.1) is 18.2 Å². The Balaban J connectivity index is 1.57. The zero-order valence-electron chi connectivity index (χ0n) is 16.8. The largest absolute Gasteiger partial charge is 0.481 e. The Bertz CT molecular complexity index is 956. The standard InChI is InChI=1S/C24H27N3O2/c1-18-7-9-20(10-8-18)23-22(16-26-13-11-21(12-14-26)24(28)29)17-27(25-23)15-19-5-3-2-4-6-19/h2-10,17,21H,11-16H2,1H3,(H,28,29). The molecule has 0 bridgehead atoms. The van der Waals surface area contributed by atoms with E-state index in [9.17, 15) is 9.90 Å². The fraction of sp³-hybridized carbons (Fsp3) is 0.333. The number of hydrogen-bond donors (Lipinski definition) is 1. The van der Waals surface area contributed by atoms with Gasteiger partial charge in [0.1, 0.15) is 0 Å². The number of benzene rings is 2. The van der Waals surface area contributed by atoms with E-state index in [0.29, 0.717) is 12.8 Å². The van der Waals surface area contributed by atoms with Crippen LogP contribution in [0.2, 0.25) is 0 Å². The first-order valence-corrected chi connectivity index (χ1v) is 10.2. The van der Waals surface area contributed by atoms with E-state index in [0.717, 1.165) is 37.4 Å². The van der Waals surface area contributed by atoms with Crippen molar-refractivity contribution in [2.45, 2.75) is 32.9 Å². The first-order valence-electron chi connectivity index (χ1n) is 10.2. The van der Waals surface area contributed by atoms with E-state index in [1.165, 1.54) is 16.7 Å². The highest BCUT2D eigenvalue weighted by Crippen LogP contribution is 2.26. The van der Waals surface area contributed by atoms with Crippen LogP contribution in [0.25, 0.3) is 11.3 Å². The Morgan fingerprint density at radius 2 is 1.72 bits per heavy atom. The van der Waals surface area contributed by atoms with Gasteiger partial charge in [-0.2, -0.15) is 5.10 Å². The van der Waals surface area contributed by atoms with Crippen molar-refractivity contribution in [1.82, 2.24) is 14.7 Å². The summed E-state index contributed by atoms with van der Waals surface area (Å²) in [7, 11) is 0. The summed E-state index contributed by atoms with van der Waals surface area (Å²) in [4.78, 5) is 13.6. The maximum atomic E-state index is 11.2. The third-order valence-corrected chi connectivity index (χ3v) is 5.68. The molecular weight excluding hydrogens is 362 g/mol. The van der Waals surface area contributed by atoms with E-state index >= 15 is 0 Å². The van der Waals surface area contributed by atoms with Crippen LogP contribution in [0, 0.1) is 12.8 Å². The van der Waals surface area contributed by atoms with E-state index in [4.69, 9.17) is 5.10 Å². The maximum absolute atomic E-state index is 11.2. The predicted molar refractivity (Wildman–Crippen MR) is 114 cm³/mol. The molecule has 1 fully saturated rings. The van der Waals surface area contributed by atoms with Gasteiger partial charge in [-0.3, -0.25) is 14.4 Å². The fourth-order valence-electron chi connectivity index (χ4n) is 3.96. The highest BCUT2D eigenvalue weighted by atomic mass is 16.4. The van der Waals surface area contributed by atoms with Crippen LogP contribution < -0.4 is 0 Å². The van der Waals surface area contributed by atoms with Gasteiger partial charge in [0.2, 0.25) is 0 Å². The lowest BCUT2D eigenvalue weighted by Crippen LogP contribution is -2.35. The molecule has 1 aliphatic rings. The molecule has 5 heteroatoms. The minimum Gasteiger partial charge on any atom is -0.481 e. The molecule has 1 saturated heterocycles. The molecule has 0 amide bonds. The van der Waals surface area contributed by atoms with Gasteiger partial charge in [-0.1, -0.05) is 60.2 Å². The first-order chi connectivity index (χ1) is 14.1. The quantitative estimate of drug-likeness (QED) is 0.686. The summed E-state index contributed by atoms with van der Waals surface area (Å²) >= 11 is 0. The van der Waals surface area contributed by atoms with Crippen LogP contribution in [-0.4, -0.2) is 38.8 Å². The lowest BCUT2D eigenvalue weighted by molar-refractivity contribution is -0.143. The number of aryl methyl sites for hydroxylation is 1. The van der Waals surface area contributed by atoms with E-state index in [1.54, 1.807) is 0 Å². The molecule has 0 unspecified atom stereocenters. The maximum Gasteiger partial charge on any atom is 0.306 e. The van der Waals surface area contributed by atoms with Crippen LogP contribution in [0.1, 0.15) is 29.5 Å². The second kappa shape index (κ2) is 8.62. The third-order valence-electron chi connectivity index (χ3n) is 5.68. The zero-order chi connectivity index (χ0) is 20.2. The summed E-state index contributed by atoms with van der Waals surface area (Å²) in [5, 5.41) is 14.2. The number of piperidine rings is 1. The molecule has 150 valence electrons. The molecule has 1 aliphatic heterocycles. The van der Waals surface area contributed by atoms with Crippen molar-refractivity contribution in [3.63, 3.8) is 0 Å². The van der Waals surface area contributed by atoms with Gasteiger partial charge >= 0.3 is 5.97 Å². The number of likely N-dealkylation sites (tertiary alicyclic amines) is 1. The summed E-state index contributed by atoms with van der Waals surface area (Å²) < 4.78 is 2.02. The van der Waals surface area contributed by atoms with Crippen molar-refractivity contribution in [3.8, 4) is 11.3 Å². The molecule has 1 aromatic heterocycles. The van der Waals surface area contributed by atoms with Crippen LogP contribution in [0.15, 0.2) is 60.8 Å². The minimum absolute atomic E-state index is 0.205. The molecule has 2 aromatic carbocycles. The molecule has 4 rings (SSSR count). The number of carboxylic acids is 1. The molecule has 0 saturated carbocycles. The Morgan fingerprint density at radius 3 is 2.38 bits per heavy atom. The number of aliphatic carboxylic acids is 1. The lowest BCUT2D eigenvalue weighted by atomic mass is 9.96. The van der Waals surface area contributed by atoms with Crippen molar-refractivity contribution in [3.05, 3.63) is 77.5 Å². The molecular formula is C24H27N3O2. The number of aromatic nitrogens is 2. The number of carboxylic acid groups (broad SMARTS) is 1. The number of nitrogens with zero attached hydrogens (tertiary/aromatic N) is 3. The minimum atomic E-state index is -0.666. The third kappa shape index (κ3) is 4.74. The molecule has 5 nitrogen and oxygen atoms in total. The second-order valence-electron chi connectivity index (χ2n) is 7.94. The predicted octanol–water partition coefficient (Wildman–Crippen LogP) is 4.20. The van der Waals surface area contributed by atoms with Crippen LogP contribution >= 0.6 is 0 Å². The van der Waals surface area contributed by atoms with Gasteiger partial charge in [-0.05, 0) is 38.4 Å². The Kier molecular flexibility index (Phi) is 5.76. The molecule has 1 N–H and O–H groups in total. The smallest absolute Gasteiger partial charge is 0.306 e. The van der Waals surface area contributed by atoms with Crippen LogP contribution in [0.4, 0.5) is 0 Å². The highest BCUT2D eigenvalue weighted by Gasteiger charge is 2.25. The fourth-order valence-corrected chi connectivity index (χ4v) is 3.96. The van der Waals surface area contributed by atoms with Gasteiger partial charge < -0.3 is 5.11 Å². The molecule has 0 spiro atoms. The van der Waals surface area contributed by atoms with E-state index < -0.39 is 5.97 Å². The molecule has 0 aliphatic carbocycles. The number of rotatable bonds is 6. The van der Waals surface area contributed by atoms with Crippen molar-refractivity contribution in [2.24, 2.45) is 5.92 Å². The van der Waals surface area contributed by atoms with Crippen LogP contribution in [0.3, 0.4) is 0 Å². The summed E-state index contributed by atoms with van der Waals surface area (Å²) in [6.07, 6.45) is 3.58. The Morgan fingerprint density at radius 1 is 1.03 bits per heavy atom. The van der Waals surface area contributed by atoms with Gasteiger partial charge in [-0.25, -0.2) is 0 Å². The van der Waals surface area contributed by atoms with Gasteiger partial charge in [-0.15, -0.1) is 0 Å². The number of hydrogen-bond acceptors (Lipinski definition) is 3. The van der Waals surface area contributed by atoms with Crippen molar-refractivity contribution in [1.29, 1.82) is 0 Å². The van der Waals surface area contributed by atoms with E-state index in [1.807, 2.05) is 22.9 Å². The molecule has 3 aromatic rings. The van der Waals surface area contributed by atoms with Gasteiger partial charge in [0, 0.05) is 23.9 Å². The lowest BCUT2D eigenvalue weighted by Gasteiger charge is -2.29. The summed E-state index contributed by atoms with van der Waals surface area (Å²) in [6, 6.07) is 18.8. The summed E-state index contributed by atoms with van der Waals surface area (Å²) in [5.41, 5.74) is 5.78. The van der Waals surface area contributed by atoms with Gasteiger partial charge in [0.25, 0.3) is 0 Å². The molecule has 0 atom stereocenters. The normalized spacial score (nSPS) is 15.5. The van der Waals surface area contributed by atoms with E-state index in [-0.39, 0.29) is 5.92 Å². The average molecular weight is 389 g/mol. The molecule has 29 heavy (non-hydrogen) atoms. The highest BCUT2D eigenvalue weighted by molar-refractivity contribution is 5.70. The van der Waals surface area contributed by atoms with Crippen molar-refractivity contribution >= 4 is 5.97 Å². The molecule has 2 heterocycles. The summed E-state index contributed by atoms with van der Waals surface area (Å²) in [5.74, 6) is -0.871. The van der Waals surface area contributed by atoms with E-state index in [2.05, 4.69) is 54.4 Å². The zero-order valence-corrected chi connectivity index (χ0v) is 16.8. The average Bonchev–Trinajstić information content (AvgIpc) is 3.11.